The van der Waals surface area contributed by atoms with Crippen molar-refractivity contribution >= 4 is 17.0 Å². The Morgan fingerprint density at radius 1 is 1.05 bits per heavy atom. The van der Waals surface area contributed by atoms with Crippen LogP contribution in [0.1, 0.15) is 16.7 Å². The van der Waals surface area contributed by atoms with Crippen molar-refractivity contribution < 1.29 is 0 Å². The Hall–Kier alpha value is -2.29. The zero-order chi connectivity index (χ0) is 13.4. The van der Waals surface area contributed by atoms with Crippen LogP contribution in [0.2, 0.25) is 0 Å². The topological polar surface area (TPSA) is 43.8 Å². The summed E-state index contributed by atoms with van der Waals surface area (Å²) in [5.74, 6) is 0.574. The maximum Gasteiger partial charge on any atom is 0.201 e. The van der Waals surface area contributed by atoms with Gasteiger partial charge in [0.15, 0.2) is 0 Å². The van der Waals surface area contributed by atoms with Gasteiger partial charge in [-0.2, -0.15) is 0 Å². The summed E-state index contributed by atoms with van der Waals surface area (Å²) in [5, 5.41) is 0. The van der Waals surface area contributed by atoms with Gasteiger partial charge in [-0.15, -0.1) is 0 Å². The number of nitrogens with two attached hydrogens (primary N) is 1. The fraction of sp³-hybridized carbons (Fsp3) is 0.188. The van der Waals surface area contributed by atoms with Crippen molar-refractivity contribution in [2.75, 3.05) is 5.73 Å². The molecule has 3 nitrogen and oxygen atoms in total. The predicted molar refractivity (Wildman–Crippen MR) is 79.2 cm³/mol. The Morgan fingerprint density at radius 2 is 1.79 bits per heavy atom. The van der Waals surface area contributed by atoms with Crippen LogP contribution in [0.5, 0.6) is 0 Å². The van der Waals surface area contributed by atoms with E-state index in [2.05, 4.69) is 59.8 Å². The molecule has 2 N–H and O–H groups in total. The number of benzene rings is 2. The minimum Gasteiger partial charge on any atom is -0.369 e. The highest BCUT2D eigenvalue weighted by molar-refractivity contribution is 5.81. The molecule has 3 aromatic rings. The third-order valence-corrected chi connectivity index (χ3v) is 3.47. The van der Waals surface area contributed by atoms with Crippen LogP contribution in [0.4, 0.5) is 5.95 Å². The van der Waals surface area contributed by atoms with Crippen LogP contribution in [0, 0.1) is 13.8 Å². The van der Waals surface area contributed by atoms with Crippen molar-refractivity contribution in [2.45, 2.75) is 20.4 Å². The summed E-state index contributed by atoms with van der Waals surface area (Å²) in [6.45, 7) is 4.91. The summed E-state index contributed by atoms with van der Waals surface area (Å²) in [6.07, 6.45) is 0. The van der Waals surface area contributed by atoms with Gasteiger partial charge in [0.05, 0.1) is 17.6 Å². The van der Waals surface area contributed by atoms with Crippen LogP contribution in [0.15, 0.2) is 42.5 Å². The molecule has 96 valence electrons. The van der Waals surface area contributed by atoms with Gasteiger partial charge in [0.1, 0.15) is 0 Å². The summed E-state index contributed by atoms with van der Waals surface area (Å²) in [7, 11) is 0. The zero-order valence-corrected chi connectivity index (χ0v) is 11.2. The average molecular weight is 251 g/mol. The molecule has 3 rings (SSSR count). The average Bonchev–Trinajstić information content (AvgIpc) is 2.71. The fourth-order valence-electron chi connectivity index (χ4n) is 2.35. The van der Waals surface area contributed by atoms with E-state index in [1.807, 2.05) is 6.07 Å². The van der Waals surface area contributed by atoms with E-state index in [1.165, 1.54) is 11.1 Å². The van der Waals surface area contributed by atoms with E-state index in [9.17, 15) is 0 Å². The number of fused-ring (bicyclic) bond motifs is 1. The SMILES string of the molecule is Cc1ccc(Cn2c(N)nc3c(C)cccc32)cc1. The van der Waals surface area contributed by atoms with E-state index in [0.717, 1.165) is 23.1 Å². The lowest BCUT2D eigenvalue weighted by Gasteiger charge is -2.07. The smallest absolute Gasteiger partial charge is 0.201 e. The molecule has 0 saturated carbocycles. The Morgan fingerprint density at radius 3 is 2.53 bits per heavy atom. The molecule has 0 unspecified atom stereocenters. The molecule has 0 aliphatic heterocycles. The molecule has 0 amide bonds. The Bertz CT molecular complexity index is 724. The number of hydrogen-bond donors (Lipinski definition) is 1. The summed E-state index contributed by atoms with van der Waals surface area (Å²) in [6, 6.07) is 14.7. The van der Waals surface area contributed by atoms with Crippen LogP contribution >= 0.6 is 0 Å². The third kappa shape index (κ3) is 2.08. The molecule has 0 fully saturated rings. The van der Waals surface area contributed by atoms with Gasteiger partial charge in [-0.25, -0.2) is 4.98 Å². The second kappa shape index (κ2) is 4.43. The van der Waals surface area contributed by atoms with Crippen molar-refractivity contribution in [3.8, 4) is 0 Å². The minimum absolute atomic E-state index is 0.574. The quantitative estimate of drug-likeness (QED) is 0.759. The maximum atomic E-state index is 6.05. The number of aryl methyl sites for hydroxylation is 2. The van der Waals surface area contributed by atoms with Crippen molar-refractivity contribution in [3.05, 3.63) is 59.2 Å². The van der Waals surface area contributed by atoms with Crippen LogP contribution in [0.3, 0.4) is 0 Å². The Balaban J connectivity index is 2.07. The van der Waals surface area contributed by atoms with Crippen molar-refractivity contribution in [2.24, 2.45) is 0 Å². The van der Waals surface area contributed by atoms with E-state index >= 15 is 0 Å². The van der Waals surface area contributed by atoms with Crippen molar-refractivity contribution in [1.82, 2.24) is 9.55 Å². The first-order valence-electron chi connectivity index (χ1n) is 6.42. The first kappa shape index (κ1) is 11.8. The molecular weight excluding hydrogens is 234 g/mol. The van der Waals surface area contributed by atoms with Gasteiger partial charge in [0, 0.05) is 0 Å². The molecule has 3 heteroatoms. The molecular formula is C16H17N3. The molecule has 1 aromatic heterocycles. The standard InChI is InChI=1S/C16H17N3/c1-11-6-8-13(9-7-11)10-19-14-5-3-4-12(2)15(14)18-16(19)17/h3-9H,10H2,1-2H3,(H2,17,18). The van der Waals surface area contributed by atoms with E-state index in [4.69, 9.17) is 5.73 Å². The predicted octanol–water partition coefficient (Wildman–Crippen LogP) is 3.28. The zero-order valence-electron chi connectivity index (χ0n) is 11.2. The lowest BCUT2D eigenvalue weighted by Crippen LogP contribution is -2.04. The minimum atomic E-state index is 0.574. The number of hydrogen-bond acceptors (Lipinski definition) is 2. The number of anilines is 1. The summed E-state index contributed by atoms with van der Waals surface area (Å²) < 4.78 is 2.06. The Labute approximate surface area is 112 Å². The van der Waals surface area contributed by atoms with Crippen molar-refractivity contribution in [3.63, 3.8) is 0 Å². The van der Waals surface area contributed by atoms with Crippen LogP contribution in [-0.2, 0) is 6.54 Å². The molecule has 0 aliphatic rings. The maximum absolute atomic E-state index is 6.05. The number of imidazole rings is 1. The second-order valence-electron chi connectivity index (χ2n) is 4.98. The summed E-state index contributed by atoms with van der Waals surface area (Å²) in [4.78, 5) is 4.47. The summed E-state index contributed by atoms with van der Waals surface area (Å²) in [5.41, 5.74) is 11.8. The van der Waals surface area contributed by atoms with Crippen LogP contribution in [0.25, 0.3) is 11.0 Å². The van der Waals surface area contributed by atoms with Gasteiger partial charge in [-0.3, -0.25) is 0 Å². The van der Waals surface area contributed by atoms with Gasteiger partial charge in [0.2, 0.25) is 5.95 Å². The fourth-order valence-corrected chi connectivity index (χ4v) is 2.35. The first-order valence-corrected chi connectivity index (χ1v) is 6.42. The number of para-hydroxylation sites is 1. The molecule has 0 saturated heterocycles. The Kier molecular flexibility index (Phi) is 2.75. The molecule has 1 heterocycles. The van der Waals surface area contributed by atoms with E-state index in [0.29, 0.717) is 5.95 Å². The van der Waals surface area contributed by atoms with E-state index in [1.54, 1.807) is 0 Å². The lowest BCUT2D eigenvalue weighted by atomic mass is 10.1. The largest absolute Gasteiger partial charge is 0.369 e. The third-order valence-electron chi connectivity index (χ3n) is 3.47. The number of nitrogen functional groups attached to an aromatic ring is 1. The molecule has 0 radical (unpaired) electrons. The van der Waals surface area contributed by atoms with E-state index < -0.39 is 0 Å². The van der Waals surface area contributed by atoms with Crippen molar-refractivity contribution in [1.29, 1.82) is 0 Å². The number of aromatic nitrogens is 2. The molecule has 19 heavy (non-hydrogen) atoms. The van der Waals surface area contributed by atoms with Gasteiger partial charge in [-0.1, -0.05) is 42.0 Å². The van der Waals surface area contributed by atoms with Gasteiger partial charge >= 0.3 is 0 Å². The highest BCUT2D eigenvalue weighted by Crippen LogP contribution is 2.22. The first-order chi connectivity index (χ1) is 9.15. The highest BCUT2D eigenvalue weighted by atomic mass is 15.1. The van der Waals surface area contributed by atoms with Gasteiger partial charge in [0.25, 0.3) is 0 Å². The molecule has 0 aliphatic carbocycles. The van der Waals surface area contributed by atoms with Crippen LogP contribution in [-0.4, -0.2) is 9.55 Å². The molecule has 2 aromatic carbocycles. The lowest BCUT2D eigenvalue weighted by molar-refractivity contribution is 0.838. The molecule has 0 bridgehead atoms. The number of nitrogens with zero attached hydrogens (tertiary/aromatic N) is 2. The summed E-state index contributed by atoms with van der Waals surface area (Å²) >= 11 is 0. The van der Waals surface area contributed by atoms with Gasteiger partial charge < -0.3 is 10.3 Å². The molecule has 0 atom stereocenters. The van der Waals surface area contributed by atoms with Crippen LogP contribution < -0.4 is 5.73 Å². The second-order valence-corrected chi connectivity index (χ2v) is 4.98. The molecule has 0 spiro atoms. The monoisotopic (exact) mass is 251 g/mol. The van der Waals surface area contributed by atoms with E-state index in [-0.39, 0.29) is 0 Å². The van der Waals surface area contributed by atoms with Gasteiger partial charge in [-0.05, 0) is 31.0 Å². The normalized spacial score (nSPS) is 11.1. The highest BCUT2D eigenvalue weighted by Gasteiger charge is 2.09. The number of rotatable bonds is 2.